The van der Waals surface area contributed by atoms with Crippen LogP contribution < -0.4 is 25.6 Å². The first kappa shape index (κ1) is 23.1. The maximum absolute atomic E-state index is 12.9. The Balaban J connectivity index is 1.24. The van der Waals surface area contributed by atoms with E-state index in [0.717, 1.165) is 33.8 Å². The average molecular weight is 501 g/mol. The number of amides is 2. The van der Waals surface area contributed by atoms with Crippen molar-refractivity contribution in [3.05, 3.63) is 59.3 Å². The quantitative estimate of drug-likeness (QED) is 0.469. The van der Waals surface area contributed by atoms with Crippen LogP contribution in [0.3, 0.4) is 0 Å². The van der Waals surface area contributed by atoms with Crippen LogP contribution in [0, 0.1) is 6.92 Å². The van der Waals surface area contributed by atoms with Gasteiger partial charge in [-0.05, 0) is 69.2 Å². The normalized spacial score (nSPS) is 20.8. The molecule has 10 nitrogen and oxygen atoms in total. The van der Waals surface area contributed by atoms with E-state index < -0.39 is 5.60 Å². The molecule has 1 saturated heterocycles. The van der Waals surface area contributed by atoms with Gasteiger partial charge in [0.15, 0.2) is 5.60 Å². The lowest BCUT2D eigenvalue weighted by molar-refractivity contribution is -0.132. The summed E-state index contributed by atoms with van der Waals surface area (Å²) in [6.07, 6.45) is 1.92. The number of anilines is 5. The Morgan fingerprint density at radius 1 is 1.14 bits per heavy atom. The van der Waals surface area contributed by atoms with Gasteiger partial charge in [0.05, 0.1) is 11.7 Å². The topological polar surface area (TPSA) is 118 Å². The van der Waals surface area contributed by atoms with E-state index >= 15 is 0 Å². The third-order valence-electron chi connectivity index (χ3n) is 6.99. The van der Waals surface area contributed by atoms with E-state index in [1.54, 1.807) is 24.9 Å². The fraction of sp³-hybridized carbons (Fsp3) is 0.333. The second kappa shape index (κ2) is 8.36. The first-order valence-corrected chi connectivity index (χ1v) is 12.3. The van der Waals surface area contributed by atoms with Crippen molar-refractivity contribution in [2.45, 2.75) is 51.9 Å². The van der Waals surface area contributed by atoms with Gasteiger partial charge >= 0.3 is 6.09 Å². The molecule has 6 rings (SSSR count). The maximum Gasteiger partial charge on any atom is 0.408 e. The van der Waals surface area contributed by atoms with E-state index in [1.165, 1.54) is 0 Å². The van der Waals surface area contributed by atoms with Gasteiger partial charge in [0, 0.05) is 36.1 Å². The maximum atomic E-state index is 12.9. The Hall–Kier alpha value is -4.34. The molecule has 3 aromatic rings. The van der Waals surface area contributed by atoms with Gasteiger partial charge in [-0.1, -0.05) is 6.07 Å². The Labute approximate surface area is 214 Å². The third kappa shape index (κ3) is 3.98. The molecule has 1 fully saturated rings. The largest absolute Gasteiger partial charge is 0.476 e. The highest BCUT2D eigenvalue weighted by Gasteiger charge is 2.42. The Morgan fingerprint density at radius 3 is 2.73 bits per heavy atom. The number of benzene rings is 2. The number of nitrogens with one attached hydrogen (secondary N) is 3. The average Bonchev–Trinajstić information content (AvgIpc) is 3.38. The second-order valence-corrected chi connectivity index (χ2v) is 10.0. The number of likely N-dealkylation sites (N-methyl/N-ethyl adjacent to an activating group) is 1. The van der Waals surface area contributed by atoms with E-state index in [1.807, 2.05) is 50.2 Å². The summed E-state index contributed by atoms with van der Waals surface area (Å²) in [5.41, 5.74) is 4.49. The lowest BCUT2D eigenvalue weighted by atomic mass is 10.0. The van der Waals surface area contributed by atoms with Crippen LogP contribution in [0.25, 0.3) is 0 Å². The molecule has 1 aliphatic carbocycles. The molecule has 190 valence electrons. The van der Waals surface area contributed by atoms with Gasteiger partial charge in [-0.2, -0.15) is 4.98 Å². The lowest BCUT2D eigenvalue weighted by Gasteiger charge is -2.38. The zero-order valence-electron chi connectivity index (χ0n) is 21.1. The number of ether oxygens (including phenoxy) is 2. The van der Waals surface area contributed by atoms with Crippen molar-refractivity contribution in [3.8, 4) is 5.75 Å². The van der Waals surface area contributed by atoms with Crippen LogP contribution in [0.2, 0.25) is 0 Å². The summed E-state index contributed by atoms with van der Waals surface area (Å²) in [5, 5.41) is 9.51. The molecule has 0 bridgehead atoms. The summed E-state index contributed by atoms with van der Waals surface area (Å²) >= 11 is 0. The fourth-order valence-corrected chi connectivity index (χ4v) is 5.12. The molecule has 2 aliphatic heterocycles. The minimum absolute atomic E-state index is 0.0752. The summed E-state index contributed by atoms with van der Waals surface area (Å²) < 4.78 is 11.3. The molecule has 3 N–H and O–H groups in total. The molecule has 3 heterocycles. The molecule has 2 atom stereocenters. The van der Waals surface area contributed by atoms with Crippen molar-refractivity contribution in [1.29, 1.82) is 0 Å². The van der Waals surface area contributed by atoms with Crippen molar-refractivity contribution in [3.63, 3.8) is 0 Å². The number of alkyl carbamates (subject to hydrolysis) is 1. The first-order valence-electron chi connectivity index (χ1n) is 12.3. The fourth-order valence-electron chi connectivity index (χ4n) is 5.12. The van der Waals surface area contributed by atoms with Crippen LogP contribution in [-0.2, 0) is 16.0 Å². The molecule has 0 spiro atoms. The molecule has 2 amide bonds. The highest BCUT2D eigenvalue weighted by Crippen LogP contribution is 2.40. The van der Waals surface area contributed by atoms with Crippen LogP contribution in [0.1, 0.15) is 43.5 Å². The highest BCUT2D eigenvalue weighted by atomic mass is 16.6. The number of aryl methyl sites for hydroxylation is 1. The minimum atomic E-state index is -0.906. The summed E-state index contributed by atoms with van der Waals surface area (Å²) in [6, 6.07) is 11.6. The van der Waals surface area contributed by atoms with Crippen LogP contribution in [0.5, 0.6) is 5.75 Å². The van der Waals surface area contributed by atoms with E-state index in [0.29, 0.717) is 30.5 Å². The Bertz CT molecular complexity index is 1440. The van der Waals surface area contributed by atoms with Crippen molar-refractivity contribution in [2.75, 3.05) is 22.1 Å². The number of aromatic nitrogens is 2. The SMILES string of the molecule is CCN1C(=O)C(C)(C)Oc2ccc(Nc3nc(Nc4ccc5c(c4)[C@@H]4NC(=O)O[C@@H]4C5)ncc3C)cc21. The monoisotopic (exact) mass is 500 g/mol. The standard InChI is InChI=1S/C27H28N6O4/c1-5-33-19-12-17(8-9-20(19)37-27(3,4)24(33)34)29-23-14(2)13-28-25(32-23)30-16-7-6-15-10-21-22(18(15)11-16)31-26(35)36-21/h6-9,11-13,21-22H,5,10H2,1-4H3,(H,31,35)(H2,28,29,30,32)/t21-,22+/m1/s1. The van der Waals surface area contributed by atoms with Crippen LogP contribution in [0.4, 0.5) is 33.6 Å². The zero-order valence-corrected chi connectivity index (χ0v) is 21.1. The molecule has 1 aromatic heterocycles. The van der Waals surface area contributed by atoms with Gasteiger partial charge in [-0.25, -0.2) is 9.78 Å². The molecular weight excluding hydrogens is 472 g/mol. The van der Waals surface area contributed by atoms with Crippen LogP contribution >= 0.6 is 0 Å². The van der Waals surface area contributed by atoms with E-state index in [2.05, 4.69) is 25.9 Å². The zero-order chi connectivity index (χ0) is 25.9. The number of hydrogen-bond acceptors (Lipinski definition) is 8. The van der Waals surface area contributed by atoms with Crippen LogP contribution in [0.15, 0.2) is 42.6 Å². The first-order chi connectivity index (χ1) is 17.7. The number of carbonyl (C=O) groups is 2. The molecule has 10 heteroatoms. The van der Waals surface area contributed by atoms with Crippen molar-refractivity contribution < 1.29 is 19.1 Å². The van der Waals surface area contributed by atoms with Gasteiger partial charge in [0.1, 0.15) is 17.7 Å². The van der Waals surface area contributed by atoms with Gasteiger partial charge < -0.3 is 30.3 Å². The Kier molecular flexibility index (Phi) is 5.22. The molecule has 0 radical (unpaired) electrons. The van der Waals surface area contributed by atoms with Gasteiger partial charge in [-0.3, -0.25) is 4.79 Å². The van der Waals surface area contributed by atoms with Crippen LogP contribution in [-0.4, -0.2) is 40.2 Å². The van der Waals surface area contributed by atoms with Crippen molar-refractivity contribution in [2.24, 2.45) is 0 Å². The molecule has 3 aliphatic rings. The predicted molar refractivity (Wildman–Crippen MR) is 139 cm³/mol. The molecule has 0 saturated carbocycles. The van der Waals surface area contributed by atoms with E-state index in [9.17, 15) is 9.59 Å². The number of hydrogen-bond donors (Lipinski definition) is 3. The minimum Gasteiger partial charge on any atom is -0.476 e. The molecule has 37 heavy (non-hydrogen) atoms. The number of carbonyl (C=O) groups excluding carboxylic acids is 2. The summed E-state index contributed by atoms with van der Waals surface area (Å²) in [6.45, 7) is 7.98. The molecule has 2 aromatic carbocycles. The number of nitrogens with zero attached hydrogens (tertiary/aromatic N) is 3. The summed E-state index contributed by atoms with van der Waals surface area (Å²) in [4.78, 5) is 35.3. The summed E-state index contributed by atoms with van der Waals surface area (Å²) in [5.74, 6) is 1.67. The highest BCUT2D eigenvalue weighted by molar-refractivity contribution is 6.02. The molecule has 0 unspecified atom stereocenters. The summed E-state index contributed by atoms with van der Waals surface area (Å²) in [7, 11) is 0. The van der Waals surface area contributed by atoms with Crippen molar-refractivity contribution >= 4 is 40.8 Å². The number of fused-ring (bicyclic) bond motifs is 4. The predicted octanol–water partition coefficient (Wildman–Crippen LogP) is 4.50. The lowest BCUT2D eigenvalue weighted by Crippen LogP contribution is -2.52. The van der Waals surface area contributed by atoms with Gasteiger partial charge in [0.2, 0.25) is 5.95 Å². The van der Waals surface area contributed by atoms with Gasteiger partial charge in [0.25, 0.3) is 5.91 Å². The van der Waals surface area contributed by atoms with Crippen molar-refractivity contribution in [1.82, 2.24) is 15.3 Å². The smallest absolute Gasteiger partial charge is 0.408 e. The molecular formula is C27H28N6O4. The van der Waals surface area contributed by atoms with E-state index in [4.69, 9.17) is 9.47 Å². The third-order valence-corrected chi connectivity index (χ3v) is 6.99. The second-order valence-electron chi connectivity index (χ2n) is 10.0. The van der Waals surface area contributed by atoms with Gasteiger partial charge in [-0.15, -0.1) is 0 Å². The Morgan fingerprint density at radius 2 is 1.92 bits per heavy atom. The number of rotatable bonds is 5. The van der Waals surface area contributed by atoms with E-state index in [-0.39, 0.29) is 24.1 Å².